The average molecular weight is 227 g/mol. The predicted molar refractivity (Wildman–Crippen MR) is 61.7 cm³/mol. The lowest BCUT2D eigenvalue weighted by molar-refractivity contribution is 0.601. The number of rotatable bonds is 4. The lowest BCUT2D eigenvalue weighted by atomic mass is 9.98. The van der Waals surface area contributed by atoms with Crippen LogP contribution < -0.4 is 0 Å². The van der Waals surface area contributed by atoms with Crippen LogP contribution >= 0.6 is 0 Å². The van der Waals surface area contributed by atoms with Crippen LogP contribution in [0.4, 0.5) is 0 Å². The van der Waals surface area contributed by atoms with Gasteiger partial charge in [0.05, 0.1) is 5.75 Å². The van der Waals surface area contributed by atoms with Crippen molar-refractivity contribution in [3.05, 3.63) is 29.6 Å². The topological polar surface area (TPSA) is 47.0 Å². The second-order valence-electron chi connectivity index (χ2n) is 4.11. The highest BCUT2D eigenvalue weighted by Crippen LogP contribution is 2.18. The Morgan fingerprint density at radius 3 is 2.60 bits per heavy atom. The van der Waals surface area contributed by atoms with E-state index in [0.717, 1.165) is 5.56 Å². The van der Waals surface area contributed by atoms with Crippen LogP contribution in [0.2, 0.25) is 0 Å². The van der Waals surface area contributed by atoms with Crippen molar-refractivity contribution in [3.8, 4) is 0 Å². The molecule has 3 nitrogen and oxygen atoms in total. The third-order valence-corrected chi connectivity index (χ3v) is 3.25. The van der Waals surface area contributed by atoms with Crippen LogP contribution in [0, 0.1) is 0 Å². The van der Waals surface area contributed by atoms with Crippen LogP contribution in [0.3, 0.4) is 0 Å². The van der Waals surface area contributed by atoms with E-state index < -0.39 is 9.84 Å². The maximum Gasteiger partial charge on any atom is 0.147 e. The Hall–Kier alpha value is -0.900. The molecule has 0 saturated carbocycles. The summed E-state index contributed by atoms with van der Waals surface area (Å²) in [6.45, 7) is 4.19. The molecule has 0 aliphatic heterocycles. The number of pyridine rings is 1. The number of aromatic nitrogens is 1. The van der Waals surface area contributed by atoms with E-state index in [1.54, 1.807) is 12.4 Å². The van der Waals surface area contributed by atoms with Crippen molar-refractivity contribution in [3.63, 3.8) is 0 Å². The van der Waals surface area contributed by atoms with Gasteiger partial charge in [-0.1, -0.05) is 13.8 Å². The van der Waals surface area contributed by atoms with Crippen molar-refractivity contribution in [2.45, 2.75) is 26.2 Å². The van der Waals surface area contributed by atoms with Crippen LogP contribution in [-0.4, -0.2) is 25.4 Å². The van der Waals surface area contributed by atoms with Crippen LogP contribution in [-0.2, 0) is 16.3 Å². The summed E-state index contributed by atoms with van der Waals surface area (Å²) in [6.07, 6.45) is 5.33. The zero-order valence-electron chi connectivity index (χ0n) is 9.40. The zero-order valence-corrected chi connectivity index (χ0v) is 10.2. The number of hydrogen-bond acceptors (Lipinski definition) is 3. The summed E-state index contributed by atoms with van der Waals surface area (Å²) in [5, 5.41) is 0. The molecule has 0 unspecified atom stereocenters. The molecule has 0 aliphatic rings. The van der Waals surface area contributed by atoms with Crippen molar-refractivity contribution in [1.82, 2.24) is 4.98 Å². The number of sulfone groups is 1. The smallest absolute Gasteiger partial charge is 0.147 e. The molecule has 4 heteroatoms. The Labute approximate surface area is 91.5 Å². The lowest BCUT2D eigenvalue weighted by Gasteiger charge is -2.11. The van der Waals surface area contributed by atoms with Gasteiger partial charge in [0, 0.05) is 18.6 Å². The van der Waals surface area contributed by atoms with Crippen molar-refractivity contribution in [2.24, 2.45) is 0 Å². The summed E-state index contributed by atoms with van der Waals surface area (Å²) in [5.74, 6) is 0.598. The second kappa shape index (κ2) is 4.75. The van der Waals surface area contributed by atoms with Gasteiger partial charge in [-0.05, 0) is 29.5 Å². The minimum absolute atomic E-state index is 0.193. The van der Waals surface area contributed by atoms with Gasteiger partial charge in [0.15, 0.2) is 0 Å². The molecule has 84 valence electrons. The molecule has 15 heavy (non-hydrogen) atoms. The Kier molecular flexibility index (Phi) is 3.85. The molecular weight excluding hydrogens is 210 g/mol. The molecule has 1 aromatic heterocycles. The number of aryl methyl sites for hydroxylation is 1. The van der Waals surface area contributed by atoms with Crippen molar-refractivity contribution in [1.29, 1.82) is 0 Å². The largest absolute Gasteiger partial charge is 0.264 e. The van der Waals surface area contributed by atoms with Crippen LogP contribution in [0.15, 0.2) is 18.5 Å². The highest BCUT2D eigenvalue weighted by atomic mass is 32.2. The second-order valence-corrected chi connectivity index (χ2v) is 6.37. The highest BCUT2D eigenvalue weighted by molar-refractivity contribution is 7.90. The SMILES string of the molecule is CC(C)c1ccncc1CCS(C)(=O)=O. The highest BCUT2D eigenvalue weighted by Gasteiger charge is 2.09. The Balaban J connectivity index is 2.85. The monoisotopic (exact) mass is 227 g/mol. The molecule has 0 N–H and O–H groups in total. The Morgan fingerprint density at radius 2 is 2.07 bits per heavy atom. The molecule has 1 aromatic rings. The molecule has 0 spiro atoms. The van der Waals surface area contributed by atoms with Crippen LogP contribution in [0.5, 0.6) is 0 Å². The standard InChI is InChI=1S/C11H17NO2S/c1-9(2)11-4-6-12-8-10(11)5-7-15(3,13)14/h4,6,8-9H,5,7H2,1-3H3. The van der Waals surface area contributed by atoms with E-state index in [1.807, 2.05) is 6.07 Å². The third kappa shape index (κ3) is 4.00. The molecule has 0 atom stereocenters. The first kappa shape index (κ1) is 12.2. The summed E-state index contributed by atoms with van der Waals surface area (Å²) in [6, 6.07) is 1.96. The van der Waals surface area contributed by atoms with E-state index in [-0.39, 0.29) is 5.75 Å². The van der Waals surface area contributed by atoms with Gasteiger partial charge < -0.3 is 0 Å². The zero-order chi connectivity index (χ0) is 11.5. The fourth-order valence-electron chi connectivity index (χ4n) is 1.51. The maximum absolute atomic E-state index is 11.1. The van der Waals surface area contributed by atoms with Crippen LogP contribution in [0.25, 0.3) is 0 Å². The number of hydrogen-bond donors (Lipinski definition) is 0. The van der Waals surface area contributed by atoms with E-state index in [4.69, 9.17) is 0 Å². The first-order valence-corrected chi connectivity index (χ1v) is 7.06. The summed E-state index contributed by atoms with van der Waals surface area (Å²) < 4.78 is 22.1. The molecule has 0 saturated heterocycles. The fourth-order valence-corrected chi connectivity index (χ4v) is 2.10. The van der Waals surface area contributed by atoms with Gasteiger partial charge >= 0.3 is 0 Å². The predicted octanol–water partition coefficient (Wildman–Crippen LogP) is 1.79. The van der Waals surface area contributed by atoms with E-state index >= 15 is 0 Å². The summed E-state index contributed by atoms with van der Waals surface area (Å²) in [7, 11) is -2.89. The molecule has 0 aliphatic carbocycles. The Morgan fingerprint density at radius 1 is 1.40 bits per heavy atom. The van der Waals surface area contributed by atoms with Crippen molar-refractivity contribution >= 4 is 9.84 Å². The summed E-state index contributed by atoms with van der Waals surface area (Å²) in [5.41, 5.74) is 2.23. The fraction of sp³-hybridized carbons (Fsp3) is 0.545. The lowest BCUT2D eigenvalue weighted by Crippen LogP contribution is -2.08. The molecule has 1 heterocycles. The third-order valence-electron chi connectivity index (χ3n) is 2.31. The normalized spacial score (nSPS) is 12.0. The Bertz CT molecular complexity index is 424. The molecule has 0 amide bonds. The maximum atomic E-state index is 11.1. The van der Waals surface area contributed by atoms with Crippen molar-refractivity contribution in [2.75, 3.05) is 12.0 Å². The van der Waals surface area contributed by atoms with Gasteiger partial charge in [-0.15, -0.1) is 0 Å². The quantitative estimate of drug-likeness (QED) is 0.788. The van der Waals surface area contributed by atoms with Crippen LogP contribution in [0.1, 0.15) is 30.9 Å². The average Bonchev–Trinajstić information content (AvgIpc) is 2.14. The van der Waals surface area contributed by atoms with Gasteiger partial charge in [-0.25, -0.2) is 8.42 Å². The first-order valence-electron chi connectivity index (χ1n) is 5.00. The molecule has 0 bridgehead atoms. The van der Waals surface area contributed by atoms with E-state index in [0.29, 0.717) is 12.3 Å². The molecule has 1 rings (SSSR count). The van der Waals surface area contributed by atoms with Crippen molar-refractivity contribution < 1.29 is 8.42 Å². The molecule has 0 fully saturated rings. The molecule has 0 aromatic carbocycles. The molecular formula is C11H17NO2S. The van der Waals surface area contributed by atoms with Gasteiger partial charge in [0.1, 0.15) is 9.84 Å². The summed E-state index contributed by atoms with van der Waals surface area (Å²) >= 11 is 0. The summed E-state index contributed by atoms with van der Waals surface area (Å²) in [4.78, 5) is 4.03. The van der Waals surface area contributed by atoms with Gasteiger partial charge in [-0.2, -0.15) is 0 Å². The first-order chi connectivity index (χ1) is 6.90. The van der Waals surface area contributed by atoms with Gasteiger partial charge in [-0.3, -0.25) is 4.98 Å². The van der Waals surface area contributed by atoms with E-state index in [9.17, 15) is 8.42 Å². The number of nitrogens with zero attached hydrogens (tertiary/aromatic N) is 1. The minimum Gasteiger partial charge on any atom is -0.264 e. The molecule has 0 radical (unpaired) electrons. The minimum atomic E-state index is -2.89. The van der Waals surface area contributed by atoms with Gasteiger partial charge in [0.25, 0.3) is 0 Å². The van der Waals surface area contributed by atoms with E-state index in [2.05, 4.69) is 18.8 Å². The van der Waals surface area contributed by atoms with Gasteiger partial charge in [0.2, 0.25) is 0 Å². The van der Waals surface area contributed by atoms with E-state index in [1.165, 1.54) is 11.8 Å².